The molecule has 0 aliphatic heterocycles. The average Bonchev–Trinajstić information content (AvgIpc) is 2.54. The van der Waals surface area contributed by atoms with Gasteiger partial charge in [0.05, 0.1) is 5.02 Å². The third kappa shape index (κ3) is 5.16. The van der Waals surface area contributed by atoms with Crippen LogP contribution in [-0.4, -0.2) is 18.4 Å². The van der Waals surface area contributed by atoms with Gasteiger partial charge >= 0.3 is 0 Å². The van der Waals surface area contributed by atoms with Gasteiger partial charge in [0.25, 0.3) is 11.8 Å². The predicted octanol–water partition coefficient (Wildman–Crippen LogP) is 3.14. The zero-order valence-corrected chi connectivity index (χ0v) is 13.7. The number of hydrogen-bond donors (Lipinski definition) is 2. The third-order valence-electron chi connectivity index (χ3n) is 2.88. The third-order valence-corrected chi connectivity index (χ3v) is 3.43. The van der Waals surface area contributed by atoms with Crippen LogP contribution in [0.4, 0.5) is 0 Å². The second kappa shape index (κ2) is 7.85. The zero-order chi connectivity index (χ0) is 16.8. The number of halogens is 2. The number of hydrazine groups is 1. The van der Waals surface area contributed by atoms with Gasteiger partial charge in [-0.25, -0.2) is 0 Å². The highest BCUT2D eigenvalue weighted by molar-refractivity contribution is 6.34. The van der Waals surface area contributed by atoms with Gasteiger partial charge in [-0.15, -0.1) is 0 Å². The topological polar surface area (TPSA) is 67.4 Å². The lowest BCUT2D eigenvalue weighted by Crippen LogP contribution is -2.43. The van der Waals surface area contributed by atoms with E-state index in [4.69, 9.17) is 27.9 Å². The number of carbonyl (C=O) groups is 2. The molecule has 7 heteroatoms. The fourth-order valence-corrected chi connectivity index (χ4v) is 2.00. The van der Waals surface area contributed by atoms with Crippen LogP contribution in [0.2, 0.25) is 10.0 Å². The Morgan fingerprint density at radius 1 is 1.04 bits per heavy atom. The van der Waals surface area contributed by atoms with Gasteiger partial charge in [0.2, 0.25) is 0 Å². The van der Waals surface area contributed by atoms with Crippen molar-refractivity contribution in [3.63, 3.8) is 0 Å². The molecule has 0 saturated carbocycles. The number of amides is 2. The minimum atomic E-state index is -0.526. The van der Waals surface area contributed by atoms with Crippen LogP contribution in [0.25, 0.3) is 0 Å². The molecular formula is C16H14Cl2N2O3. The molecule has 0 heterocycles. The van der Waals surface area contributed by atoms with Crippen LogP contribution >= 0.6 is 23.2 Å². The summed E-state index contributed by atoms with van der Waals surface area (Å²) in [5, 5.41) is 0.781. The maximum atomic E-state index is 11.8. The van der Waals surface area contributed by atoms with Gasteiger partial charge in [0.15, 0.2) is 6.61 Å². The summed E-state index contributed by atoms with van der Waals surface area (Å²) in [5.41, 5.74) is 6.04. The van der Waals surface area contributed by atoms with Crippen LogP contribution in [0.5, 0.6) is 5.75 Å². The number of aryl methyl sites for hydroxylation is 1. The van der Waals surface area contributed by atoms with Crippen LogP contribution in [0.1, 0.15) is 15.9 Å². The number of benzene rings is 2. The first-order chi connectivity index (χ1) is 11.0. The molecular weight excluding hydrogens is 339 g/mol. The smallest absolute Gasteiger partial charge is 0.276 e. The standard InChI is InChI=1S/C16H14Cl2N2O3/c1-10-2-4-11(5-3-10)16(22)20-19-15(21)9-23-14-8-12(17)6-7-13(14)18/h2-8H,9H2,1H3,(H,19,21)(H,20,22). The molecule has 0 fully saturated rings. The van der Waals surface area contributed by atoms with Crippen molar-refractivity contribution in [2.75, 3.05) is 6.61 Å². The molecule has 2 amide bonds. The molecule has 0 radical (unpaired) electrons. The summed E-state index contributed by atoms with van der Waals surface area (Å²) in [6, 6.07) is 11.6. The first kappa shape index (κ1) is 17.1. The van der Waals surface area contributed by atoms with Gasteiger partial charge in [-0.05, 0) is 31.2 Å². The summed E-state index contributed by atoms with van der Waals surface area (Å²) in [5.74, 6) is -0.653. The van der Waals surface area contributed by atoms with Crippen molar-refractivity contribution in [2.24, 2.45) is 0 Å². The fourth-order valence-electron chi connectivity index (χ4n) is 1.67. The number of ether oxygens (including phenoxy) is 1. The minimum Gasteiger partial charge on any atom is -0.482 e. The predicted molar refractivity (Wildman–Crippen MR) is 88.7 cm³/mol. The normalized spacial score (nSPS) is 10.0. The second-order valence-electron chi connectivity index (χ2n) is 4.73. The highest BCUT2D eigenvalue weighted by Gasteiger charge is 2.09. The van der Waals surface area contributed by atoms with Gasteiger partial charge in [0.1, 0.15) is 5.75 Å². The summed E-state index contributed by atoms with van der Waals surface area (Å²) in [4.78, 5) is 23.5. The van der Waals surface area contributed by atoms with Crippen molar-refractivity contribution >= 4 is 35.0 Å². The van der Waals surface area contributed by atoms with Crippen molar-refractivity contribution < 1.29 is 14.3 Å². The Kier molecular flexibility index (Phi) is 5.84. The van der Waals surface area contributed by atoms with E-state index in [1.54, 1.807) is 36.4 Å². The van der Waals surface area contributed by atoms with Gasteiger partial charge in [-0.2, -0.15) is 0 Å². The average molecular weight is 353 g/mol. The van der Waals surface area contributed by atoms with Crippen molar-refractivity contribution in [2.45, 2.75) is 6.92 Å². The first-order valence-electron chi connectivity index (χ1n) is 6.69. The van der Waals surface area contributed by atoms with Crippen molar-refractivity contribution in [1.82, 2.24) is 10.9 Å². The van der Waals surface area contributed by atoms with E-state index in [1.165, 1.54) is 6.07 Å². The lowest BCUT2D eigenvalue weighted by atomic mass is 10.1. The Balaban J connectivity index is 1.82. The van der Waals surface area contributed by atoms with Crippen LogP contribution in [-0.2, 0) is 4.79 Å². The molecule has 0 aliphatic rings. The molecule has 23 heavy (non-hydrogen) atoms. The van der Waals surface area contributed by atoms with Crippen molar-refractivity contribution in [3.05, 3.63) is 63.6 Å². The van der Waals surface area contributed by atoms with E-state index in [1.807, 2.05) is 6.92 Å². The van der Waals surface area contributed by atoms with Crippen LogP contribution in [0.3, 0.4) is 0 Å². The van der Waals surface area contributed by atoms with E-state index < -0.39 is 11.8 Å². The zero-order valence-electron chi connectivity index (χ0n) is 12.2. The number of rotatable bonds is 4. The lowest BCUT2D eigenvalue weighted by Gasteiger charge is -2.10. The molecule has 2 aromatic rings. The van der Waals surface area contributed by atoms with E-state index in [9.17, 15) is 9.59 Å². The molecule has 0 saturated heterocycles. The van der Waals surface area contributed by atoms with E-state index in [-0.39, 0.29) is 6.61 Å². The number of carbonyl (C=O) groups excluding carboxylic acids is 2. The van der Waals surface area contributed by atoms with E-state index in [0.717, 1.165) is 5.56 Å². The summed E-state index contributed by atoms with van der Waals surface area (Å²) in [7, 11) is 0. The fraction of sp³-hybridized carbons (Fsp3) is 0.125. The summed E-state index contributed by atoms with van der Waals surface area (Å²) in [6.45, 7) is 1.61. The Labute approximate surface area is 143 Å². The molecule has 0 unspecified atom stereocenters. The van der Waals surface area contributed by atoms with E-state index >= 15 is 0 Å². The van der Waals surface area contributed by atoms with Gasteiger partial charge < -0.3 is 4.74 Å². The van der Waals surface area contributed by atoms with Gasteiger partial charge in [-0.1, -0.05) is 40.9 Å². The lowest BCUT2D eigenvalue weighted by molar-refractivity contribution is -0.123. The van der Waals surface area contributed by atoms with E-state index in [0.29, 0.717) is 21.4 Å². The van der Waals surface area contributed by atoms with Gasteiger partial charge in [-0.3, -0.25) is 20.4 Å². The minimum absolute atomic E-state index is 0.291. The molecule has 2 aromatic carbocycles. The number of nitrogens with one attached hydrogen (secondary N) is 2. The molecule has 0 atom stereocenters. The highest BCUT2D eigenvalue weighted by atomic mass is 35.5. The Morgan fingerprint density at radius 2 is 1.74 bits per heavy atom. The van der Waals surface area contributed by atoms with Crippen LogP contribution < -0.4 is 15.6 Å². The Morgan fingerprint density at radius 3 is 2.43 bits per heavy atom. The summed E-state index contributed by atoms with van der Waals surface area (Å²) < 4.78 is 5.25. The summed E-state index contributed by atoms with van der Waals surface area (Å²) in [6.07, 6.45) is 0. The van der Waals surface area contributed by atoms with Gasteiger partial charge in [0, 0.05) is 16.7 Å². The maximum Gasteiger partial charge on any atom is 0.276 e. The van der Waals surface area contributed by atoms with Crippen molar-refractivity contribution in [3.8, 4) is 5.75 Å². The van der Waals surface area contributed by atoms with Crippen molar-refractivity contribution in [1.29, 1.82) is 0 Å². The molecule has 2 N–H and O–H groups in total. The molecule has 5 nitrogen and oxygen atoms in total. The molecule has 0 bridgehead atoms. The number of hydrogen-bond acceptors (Lipinski definition) is 3. The Hall–Kier alpha value is -2.24. The van der Waals surface area contributed by atoms with E-state index in [2.05, 4.69) is 10.9 Å². The first-order valence-corrected chi connectivity index (χ1v) is 7.45. The molecule has 120 valence electrons. The maximum absolute atomic E-state index is 11.8. The summed E-state index contributed by atoms with van der Waals surface area (Å²) >= 11 is 11.7. The second-order valence-corrected chi connectivity index (χ2v) is 5.58. The molecule has 0 aliphatic carbocycles. The monoisotopic (exact) mass is 352 g/mol. The highest BCUT2D eigenvalue weighted by Crippen LogP contribution is 2.27. The molecule has 0 aromatic heterocycles. The van der Waals surface area contributed by atoms with Crippen LogP contribution in [0.15, 0.2) is 42.5 Å². The van der Waals surface area contributed by atoms with Crippen LogP contribution in [0, 0.1) is 6.92 Å². The molecule has 2 rings (SSSR count). The SMILES string of the molecule is Cc1ccc(C(=O)NNC(=O)COc2cc(Cl)ccc2Cl)cc1. The quantitative estimate of drug-likeness (QED) is 0.830. The largest absolute Gasteiger partial charge is 0.482 e. The molecule has 0 spiro atoms. The Bertz CT molecular complexity index is 718.